The molecule has 2 aromatic carbocycles. The quantitative estimate of drug-likeness (QED) is 0.794. The van der Waals surface area contributed by atoms with Crippen LogP contribution in [0.5, 0.6) is 5.75 Å². The van der Waals surface area contributed by atoms with Crippen molar-refractivity contribution in [2.75, 3.05) is 37.7 Å². The van der Waals surface area contributed by atoms with E-state index in [1.807, 2.05) is 37.4 Å². The molecule has 0 radical (unpaired) electrons. The molecule has 1 saturated heterocycles. The number of hydrogen-bond donors (Lipinski definition) is 0. The zero-order valence-corrected chi connectivity index (χ0v) is 13.6. The van der Waals surface area contributed by atoms with Gasteiger partial charge in [-0.3, -0.25) is 5.01 Å². The molecule has 0 spiro atoms. The molecule has 0 atom stereocenters. The summed E-state index contributed by atoms with van der Waals surface area (Å²) >= 11 is 0. The average Bonchev–Trinajstić information content (AvgIpc) is 2.62. The van der Waals surface area contributed by atoms with Gasteiger partial charge in [-0.15, -0.1) is 0 Å². The lowest BCUT2D eigenvalue weighted by molar-refractivity contribution is 0.272. The molecule has 0 aliphatic carbocycles. The van der Waals surface area contributed by atoms with Gasteiger partial charge in [-0.05, 0) is 31.2 Å². The topological polar surface area (TPSA) is 28.1 Å². The van der Waals surface area contributed by atoms with E-state index in [4.69, 9.17) is 4.74 Å². The molecule has 3 rings (SSSR count). The first kappa shape index (κ1) is 15.4. The fraction of sp³-hybridized carbons (Fsp3) is 0.316. The van der Waals surface area contributed by atoms with Crippen LogP contribution in [0.15, 0.2) is 59.7 Å². The molecule has 0 N–H and O–H groups in total. The Balaban J connectivity index is 1.58. The highest BCUT2D eigenvalue weighted by molar-refractivity contribution is 5.83. The van der Waals surface area contributed by atoms with Crippen LogP contribution in [0.25, 0.3) is 0 Å². The zero-order chi connectivity index (χ0) is 15.9. The van der Waals surface area contributed by atoms with Gasteiger partial charge in [0.2, 0.25) is 0 Å². The number of anilines is 1. The predicted molar refractivity (Wildman–Crippen MR) is 95.4 cm³/mol. The molecule has 120 valence electrons. The van der Waals surface area contributed by atoms with E-state index in [2.05, 4.69) is 45.3 Å². The third-order valence-corrected chi connectivity index (χ3v) is 3.96. The van der Waals surface area contributed by atoms with Crippen molar-refractivity contribution in [2.24, 2.45) is 5.10 Å². The summed E-state index contributed by atoms with van der Waals surface area (Å²) in [5.41, 5.74) is 2.32. The Morgan fingerprint density at radius 1 is 0.957 bits per heavy atom. The van der Waals surface area contributed by atoms with Crippen LogP contribution < -0.4 is 9.64 Å². The molecular weight excluding hydrogens is 286 g/mol. The smallest absolute Gasteiger partial charge is 0.128 e. The Morgan fingerprint density at radius 2 is 1.65 bits per heavy atom. The van der Waals surface area contributed by atoms with Crippen molar-refractivity contribution in [3.05, 3.63) is 60.2 Å². The van der Waals surface area contributed by atoms with Crippen molar-refractivity contribution in [1.29, 1.82) is 0 Å². The first-order valence-electron chi connectivity index (χ1n) is 8.17. The molecule has 0 bridgehead atoms. The van der Waals surface area contributed by atoms with Crippen LogP contribution >= 0.6 is 0 Å². The normalized spacial score (nSPS) is 15.2. The lowest BCUT2D eigenvalue weighted by Crippen LogP contribution is -2.44. The van der Waals surface area contributed by atoms with Gasteiger partial charge in [0.1, 0.15) is 5.75 Å². The number of para-hydroxylation sites is 2. The first-order valence-corrected chi connectivity index (χ1v) is 8.17. The maximum Gasteiger partial charge on any atom is 0.128 e. The Kier molecular flexibility index (Phi) is 5.14. The Hall–Kier alpha value is -2.49. The van der Waals surface area contributed by atoms with Gasteiger partial charge in [-0.25, -0.2) is 0 Å². The number of piperazine rings is 1. The van der Waals surface area contributed by atoms with Gasteiger partial charge in [-0.1, -0.05) is 30.3 Å². The number of hydrazone groups is 1. The maximum absolute atomic E-state index is 5.63. The third kappa shape index (κ3) is 4.03. The van der Waals surface area contributed by atoms with E-state index < -0.39 is 0 Å². The van der Waals surface area contributed by atoms with Crippen molar-refractivity contribution in [3.8, 4) is 5.75 Å². The molecule has 1 heterocycles. The summed E-state index contributed by atoms with van der Waals surface area (Å²) in [4.78, 5) is 2.40. The second-order valence-corrected chi connectivity index (χ2v) is 5.49. The van der Waals surface area contributed by atoms with Crippen LogP contribution in [0.3, 0.4) is 0 Å². The fourth-order valence-electron chi connectivity index (χ4n) is 2.73. The standard InChI is InChI=1S/C19H23N3O/c1-2-23-19-11-7-6-8-17(19)16-20-22-14-12-21(13-15-22)18-9-4-3-5-10-18/h3-11,16H,2,12-15H2,1H3. The minimum atomic E-state index is 0.667. The Labute approximate surface area is 138 Å². The minimum Gasteiger partial charge on any atom is -0.493 e. The highest BCUT2D eigenvalue weighted by Gasteiger charge is 2.15. The third-order valence-electron chi connectivity index (χ3n) is 3.96. The van der Waals surface area contributed by atoms with Crippen molar-refractivity contribution >= 4 is 11.9 Å². The van der Waals surface area contributed by atoms with E-state index in [0.717, 1.165) is 37.5 Å². The molecule has 0 unspecified atom stereocenters. The van der Waals surface area contributed by atoms with Crippen LogP contribution in [0, 0.1) is 0 Å². The summed E-state index contributed by atoms with van der Waals surface area (Å²) in [5.74, 6) is 0.890. The predicted octanol–water partition coefficient (Wildman–Crippen LogP) is 3.24. The maximum atomic E-state index is 5.63. The highest BCUT2D eigenvalue weighted by atomic mass is 16.5. The lowest BCUT2D eigenvalue weighted by Gasteiger charge is -2.34. The van der Waals surface area contributed by atoms with Gasteiger partial charge in [0.25, 0.3) is 0 Å². The molecule has 23 heavy (non-hydrogen) atoms. The van der Waals surface area contributed by atoms with Gasteiger partial charge in [0.15, 0.2) is 0 Å². The van der Waals surface area contributed by atoms with Gasteiger partial charge in [0, 0.05) is 24.3 Å². The van der Waals surface area contributed by atoms with Crippen molar-refractivity contribution in [3.63, 3.8) is 0 Å². The number of benzene rings is 2. The second-order valence-electron chi connectivity index (χ2n) is 5.49. The highest BCUT2D eigenvalue weighted by Crippen LogP contribution is 2.17. The summed E-state index contributed by atoms with van der Waals surface area (Å²) in [6, 6.07) is 18.6. The lowest BCUT2D eigenvalue weighted by atomic mass is 10.2. The summed E-state index contributed by atoms with van der Waals surface area (Å²) in [5, 5.41) is 6.75. The van der Waals surface area contributed by atoms with E-state index >= 15 is 0 Å². The first-order chi connectivity index (χ1) is 11.4. The molecule has 1 aliphatic heterocycles. The van der Waals surface area contributed by atoms with E-state index in [0.29, 0.717) is 6.61 Å². The van der Waals surface area contributed by atoms with Crippen LogP contribution in [0.2, 0.25) is 0 Å². The Morgan fingerprint density at radius 3 is 2.39 bits per heavy atom. The number of rotatable bonds is 5. The zero-order valence-electron chi connectivity index (χ0n) is 13.6. The Bertz CT molecular complexity index is 634. The van der Waals surface area contributed by atoms with Gasteiger partial charge in [0.05, 0.1) is 25.9 Å². The van der Waals surface area contributed by atoms with Crippen LogP contribution in [0.1, 0.15) is 12.5 Å². The van der Waals surface area contributed by atoms with Gasteiger partial charge >= 0.3 is 0 Å². The summed E-state index contributed by atoms with van der Waals surface area (Å²) in [6.07, 6.45) is 1.91. The van der Waals surface area contributed by atoms with Crippen LogP contribution in [-0.4, -0.2) is 44.0 Å². The van der Waals surface area contributed by atoms with Gasteiger partial charge < -0.3 is 9.64 Å². The van der Waals surface area contributed by atoms with Crippen molar-refractivity contribution in [2.45, 2.75) is 6.92 Å². The van der Waals surface area contributed by atoms with E-state index in [1.165, 1.54) is 5.69 Å². The largest absolute Gasteiger partial charge is 0.493 e. The minimum absolute atomic E-state index is 0.667. The number of ether oxygens (including phenoxy) is 1. The molecule has 0 saturated carbocycles. The summed E-state index contributed by atoms with van der Waals surface area (Å²) in [6.45, 7) is 6.52. The van der Waals surface area contributed by atoms with Gasteiger partial charge in [-0.2, -0.15) is 5.10 Å². The van der Waals surface area contributed by atoms with Crippen molar-refractivity contribution < 1.29 is 4.74 Å². The SMILES string of the molecule is CCOc1ccccc1C=NN1CCN(c2ccccc2)CC1. The van der Waals surface area contributed by atoms with Crippen LogP contribution in [-0.2, 0) is 0 Å². The van der Waals surface area contributed by atoms with Crippen LogP contribution in [0.4, 0.5) is 5.69 Å². The monoisotopic (exact) mass is 309 g/mol. The van der Waals surface area contributed by atoms with E-state index in [-0.39, 0.29) is 0 Å². The molecule has 0 aromatic heterocycles. The van der Waals surface area contributed by atoms with E-state index in [9.17, 15) is 0 Å². The average molecular weight is 309 g/mol. The van der Waals surface area contributed by atoms with Crippen molar-refractivity contribution in [1.82, 2.24) is 5.01 Å². The van der Waals surface area contributed by atoms with E-state index in [1.54, 1.807) is 0 Å². The second kappa shape index (κ2) is 7.68. The molecule has 1 fully saturated rings. The number of nitrogens with zero attached hydrogens (tertiary/aromatic N) is 3. The molecule has 4 heteroatoms. The molecule has 1 aliphatic rings. The molecule has 2 aromatic rings. The summed E-state index contributed by atoms with van der Waals surface area (Å²) in [7, 11) is 0. The summed E-state index contributed by atoms with van der Waals surface area (Å²) < 4.78 is 5.63. The molecule has 4 nitrogen and oxygen atoms in total. The molecular formula is C19H23N3O. The number of hydrogen-bond acceptors (Lipinski definition) is 4. The molecule has 0 amide bonds. The fourth-order valence-corrected chi connectivity index (χ4v) is 2.73.